The van der Waals surface area contributed by atoms with Gasteiger partial charge in [0, 0.05) is 25.7 Å². The number of nitrogen functional groups attached to an aromatic ring is 1. The van der Waals surface area contributed by atoms with Crippen molar-refractivity contribution in [1.82, 2.24) is 4.90 Å². The lowest BCUT2D eigenvalue weighted by Crippen LogP contribution is -2.50. The fraction of sp³-hybridized carbons (Fsp3) is 0.500. The van der Waals surface area contributed by atoms with Gasteiger partial charge in [-0.3, -0.25) is 0 Å². The van der Waals surface area contributed by atoms with E-state index in [1.54, 1.807) is 6.07 Å². The maximum atomic E-state index is 12.9. The number of anilines is 2. The van der Waals surface area contributed by atoms with Crippen LogP contribution in [-0.4, -0.2) is 37.6 Å². The number of hydrogen-bond acceptors (Lipinski definition) is 3. The van der Waals surface area contributed by atoms with E-state index in [9.17, 15) is 4.39 Å². The van der Waals surface area contributed by atoms with Crippen molar-refractivity contribution in [3.63, 3.8) is 0 Å². The number of hydrogen-bond donors (Lipinski definition) is 1. The van der Waals surface area contributed by atoms with Crippen LogP contribution in [0.2, 0.25) is 0 Å². The fourth-order valence-electron chi connectivity index (χ4n) is 2.08. The molecule has 1 saturated heterocycles. The Morgan fingerprint density at radius 1 is 1.38 bits per heavy atom. The third-order valence-corrected chi connectivity index (χ3v) is 3.29. The van der Waals surface area contributed by atoms with Gasteiger partial charge in [0.2, 0.25) is 0 Å². The molecule has 88 valence electrons. The summed E-state index contributed by atoms with van der Waals surface area (Å²) in [4.78, 5) is 4.54. The average molecular weight is 223 g/mol. The van der Waals surface area contributed by atoms with Crippen molar-refractivity contribution in [2.24, 2.45) is 0 Å². The van der Waals surface area contributed by atoms with Crippen LogP contribution in [0.25, 0.3) is 0 Å². The number of nitrogens with two attached hydrogens (primary N) is 1. The molecule has 0 aliphatic carbocycles. The molecule has 1 heterocycles. The van der Waals surface area contributed by atoms with Crippen molar-refractivity contribution in [3.8, 4) is 0 Å². The Labute approximate surface area is 95.6 Å². The number of rotatable bonds is 1. The lowest BCUT2D eigenvalue weighted by Gasteiger charge is -2.39. The molecule has 1 fully saturated rings. The van der Waals surface area contributed by atoms with Crippen molar-refractivity contribution in [1.29, 1.82) is 0 Å². The van der Waals surface area contributed by atoms with Crippen molar-refractivity contribution in [2.75, 3.05) is 37.3 Å². The first-order chi connectivity index (χ1) is 7.58. The standard InChI is InChI=1S/C12H18FN3/c1-9-8-16(6-5-15(9)2)12-4-3-10(13)7-11(12)14/h3-4,7,9H,5-6,8,14H2,1-2H3. The Hall–Kier alpha value is -1.29. The van der Waals surface area contributed by atoms with Crippen LogP contribution < -0.4 is 10.6 Å². The number of likely N-dealkylation sites (N-methyl/N-ethyl adjacent to an activating group) is 1. The van der Waals surface area contributed by atoms with Gasteiger partial charge in [0.15, 0.2) is 0 Å². The molecule has 4 heteroatoms. The van der Waals surface area contributed by atoms with E-state index in [0.29, 0.717) is 11.7 Å². The molecular formula is C12H18FN3. The molecule has 0 spiro atoms. The molecule has 3 nitrogen and oxygen atoms in total. The zero-order valence-corrected chi connectivity index (χ0v) is 9.78. The molecule has 0 aromatic heterocycles. The average Bonchev–Trinajstić information content (AvgIpc) is 2.22. The summed E-state index contributed by atoms with van der Waals surface area (Å²) in [6.07, 6.45) is 0. The summed E-state index contributed by atoms with van der Waals surface area (Å²) in [6, 6.07) is 5.12. The minimum atomic E-state index is -0.275. The SMILES string of the molecule is CC1CN(c2ccc(F)cc2N)CCN1C. The van der Waals surface area contributed by atoms with Crippen LogP contribution in [0.4, 0.5) is 15.8 Å². The lowest BCUT2D eigenvalue weighted by atomic mass is 10.1. The van der Waals surface area contributed by atoms with E-state index >= 15 is 0 Å². The summed E-state index contributed by atoms with van der Waals surface area (Å²) in [5.74, 6) is -0.275. The van der Waals surface area contributed by atoms with Crippen molar-refractivity contribution in [2.45, 2.75) is 13.0 Å². The van der Waals surface area contributed by atoms with Gasteiger partial charge in [-0.1, -0.05) is 0 Å². The fourth-order valence-corrected chi connectivity index (χ4v) is 2.08. The zero-order chi connectivity index (χ0) is 11.7. The van der Waals surface area contributed by atoms with Crippen molar-refractivity contribution in [3.05, 3.63) is 24.0 Å². The second-order valence-electron chi connectivity index (χ2n) is 4.48. The minimum Gasteiger partial charge on any atom is -0.397 e. The van der Waals surface area contributed by atoms with Crippen LogP contribution in [0.5, 0.6) is 0 Å². The highest BCUT2D eigenvalue weighted by Crippen LogP contribution is 2.25. The van der Waals surface area contributed by atoms with Crippen LogP contribution in [0.15, 0.2) is 18.2 Å². The second kappa shape index (κ2) is 4.29. The van der Waals surface area contributed by atoms with E-state index in [0.717, 1.165) is 25.3 Å². The molecule has 0 radical (unpaired) electrons. The van der Waals surface area contributed by atoms with Gasteiger partial charge in [-0.25, -0.2) is 4.39 Å². The first kappa shape index (κ1) is 11.2. The van der Waals surface area contributed by atoms with E-state index in [4.69, 9.17) is 5.73 Å². The van der Waals surface area contributed by atoms with E-state index < -0.39 is 0 Å². The molecule has 1 aliphatic heterocycles. The normalized spacial score (nSPS) is 22.4. The Morgan fingerprint density at radius 3 is 2.75 bits per heavy atom. The van der Waals surface area contributed by atoms with Gasteiger partial charge in [-0.15, -0.1) is 0 Å². The largest absolute Gasteiger partial charge is 0.397 e. The molecule has 1 aromatic rings. The molecule has 1 aliphatic rings. The second-order valence-corrected chi connectivity index (χ2v) is 4.48. The molecule has 2 N–H and O–H groups in total. The monoisotopic (exact) mass is 223 g/mol. The van der Waals surface area contributed by atoms with Crippen LogP contribution in [-0.2, 0) is 0 Å². The van der Waals surface area contributed by atoms with Crippen LogP contribution in [0.3, 0.4) is 0 Å². The highest BCUT2D eigenvalue weighted by atomic mass is 19.1. The molecule has 0 amide bonds. The third-order valence-electron chi connectivity index (χ3n) is 3.29. The maximum Gasteiger partial charge on any atom is 0.125 e. The first-order valence-corrected chi connectivity index (χ1v) is 5.58. The third kappa shape index (κ3) is 2.11. The predicted molar refractivity (Wildman–Crippen MR) is 65.1 cm³/mol. The number of halogens is 1. The highest BCUT2D eigenvalue weighted by molar-refractivity contribution is 5.67. The van der Waals surface area contributed by atoms with Gasteiger partial charge in [0.25, 0.3) is 0 Å². The maximum absolute atomic E-state index is 12.9. The first-order valence-electron chi connectivity index (χ1n) is 5.58. The summed E-state index contributed by atoms with van der Waals surface area (Å²) in [5.41, 5.74) is 7.31. The van der Waals surface area contributed by atoms with Gasteiger partial charge in [0.05, 0.1) is 11.4 Å². The van der Waals surface area contributed by atoms with Crippen molar-refractivity contribution >= 4 is 11.4 Å². The quantitative estimate of drug-likeness (QED) is 0.733. The molecule has 0 bridgehead atoms. The summed E-state index contributed by atoms with van der Waals surface area (Å²) >= 11 is 0. The van der Waals surface area contributed by atoms with Crippen LogP contribution in [0, 0.1) is 5.82 Å². The molecule has 2 rings (SSSR count). The summed E-state index contributed by atoms with van der Waals surface area (Å²) in [6.45, 7) is 5.08. The molecule has 1 unspecified atom stereocenters. The summed E-state index contributed by atoms with van der Waals surface area (Å²) in [7, 11) is 2.12. The van der Waals surface area contributed by atoms with Crippen LogP contribution >= 0.6 is 0 Å². The molecule has 1 atom stereocenters. The van der Waals surface area contributed by atoms with Crippen LogP contribution in [0.1, 0.15) is 6.92 Å². The van der Waals surface area contributed by atoms with Gasteiger partial charge in [-0.05, 0) is 32.2 Å². The van der Waals surface area contributed by atoms with E-state index in [-0.39, 0.29) is 5.82 Å². The van der Waals surface area contributed by atoms with E-state index in [1.165, 1.54) is 12.1 Å². The van der Waals surface area contributed by atoms with Gasteiger partial charge >= 0.3 is 0 Å². The summed E-state index contributed by atoms with van der Waals surface area (Å²) < 4.78 is 12.9. The Bertz CT molecular complexity index is 381. The minimum absolute atomic E-state index is 0.275. The Kier molecular flexibility index (Phi) is 3.01. The van der Waals surface area contributed by atoms with Gasteiger partial charge in [0.1, 0.15) is 5.82 Å². The molecule has 16 heavy (non-hydrogen) atoms. The molecule has 0 saturated carbocycles. The topological polar surface area (TPSA) is 32.5 Å². The zero-order valence-electron chi connectivity index (χ0n) is 9.78. The number of nitrogens with zero attached hydrogens (tertiary/aromatic N) is 2. The Morgan fingerprint density at radius 2 is 2.12 bits per heavy atom. The number of piperazine rings is 1. The van der Waals surface area contributed by atoms with Crippen molar-refractivity contribution < 1.29 is 4.39 Å². The lowest BCUT2D eigenvalue weighted by molar-refractivity contribution is 0.234. The van der Waals surface area contributed by atoms with Gasteiger partial charge in [-0.2, -0.15) is 0 Å². The van der Waals surface area contributed by atoms with Gasteiger partial charge < -0.3 is 15.5 Å². The van der Waals surface area contributed by atoms with E-state index in [2.05, 4.69) is 23.8 Å². The van der Waals surface area contributed by atoms with E-state index in [1.807, 2.05) is 0 Å². The molecular weight excluding hydrogens is 205 g/mol. The summed E-state index contributed by atoms with van der Waals surface area (Å²) in [5, 5.41) is 0. The number of benzene rings is 1. The molecule has 1 aromatic carbocycles. The highest BCUT2D eigenvalue weighted by Gasteiger charge is 2.21. The Balaban J connectivity index is 2.18. The smallest absolute Gasteiger partial charge is 0.125 e. The predicted octanol–water partition coefficient (Wildman–Crippen LogP) is 1.55.